The normalized spacial score (nSPS) is 60.6. The standard InChI is InChI=1S/C12H15ClO2/c13-12-4-7-1-8(5-12)3-11(2-7)6-9(14)15-10(11)12/h7-8,10H,1-6H2/t7?,8?,10-,11?,12?/m0/s1. The van der Waals surface area contributed by atoms with Crippen molar-refractivity contribution in [2.45, 2.75) is 49.5 Å². The van der Waals surface area contributed by atoms with Crippen molar-refractivity contribution in [3.63, 3.8) is 0 Å². The van der Waals surface area contributed by atoms with Gasteiger partial charge in [0.15, 0.2) is 0 Å². The fraction of sp³-hybridized carbons (Fsp3) is 0.917. The number of rotatable bonds is 0. The molecule has 4 bridgehead atoms. The van der Waals surface area contributed by atoms with E-state index in [1.54, 1.807) is 0 Å². The van der Waals surface area contributed by atoms with Crippen LogP contribution in [0.25, 0.3) is 0 Å². The molecule has 1 aliphatic heterocycles. The summed E-state index contributed by atoms with van der Waals surface area (Å²) in [6.45, 7) is 0. The second-order valence-corrected chi connectivity index (χ2v) is 6.98. The molecular weight excluding hydrogens is 212 g/mol. The van der Waals surface area contributed by atoms with Gasteiger partial charge in [0.2, 0.25) is 0 Å². The van der Waals surface area contributed by atoms with Crippen LogP contribution < -0.4 is 0 Å². The Morgan fingerprint density at radius 3 is 2.53 bits per heavy atom. The lowest BCUT2D eigenvalue weighted by atomic mass is 9.48. The van der Waals surface area contributed by atoms with Gasteiger partial charge in [-0.1, -0.05) is 0 Å². The Balaban J connectivity index is 1.85. The van der Waals surface area contributed by atoms with Gasteiger partial charge in [0.1, 0.15) is 6.10 Å². The highest BCUT2D eigenvalue weighted by molar-refractivity contribution is 6.25. The van der Waals surface area contributed by atoms with Crippen LogP contribution in [0.2, 0.25) is 0 Å². The second kappa shape index (κ2) is 2.37. The Hall–Kier alpha value is -0.240. The Kier molecular flexibility index (Phi) is 1.40. The molecule has 0 aromatic carbocycles. The van der Waals surface area contributed by atoms with Gasteiger partial charge in [-0.05, 0) is 43.9 Å². The third kappa shape index (κ3) is 0.950. The molecular formula is C12H15ClO2. The van der Waals surface area contributed by atoms with E-state index in [9.17, 15) is 4.79 Å². The van der Waals surface area contributed by atoms with Crippen molar-refractivity contribution in [3.05, 3.63) is 0 Å². The Bertz CT molecular complexity index is 338. The average Bonchev–Trinajstić information content (AvgIpc) is 2.39. The van der Waals surface area contributed by atoms with Crippen molar-refractivity contribution in [1.82, 2.24) is 0 Å². The molecule has 5 aliphatic rings. The molecule has 82 valence electrons. The molecule has 2 unspecified atom stereocenters. The molecule has 0 aromatic heterocycles. The van der Waals surface area contributed by atoms with Crippen molar-refractivity contribution in [2.24, 2.45) is 17.3 Å². The zero-order chi connectivity index (χ0) is 10.3. The van der Waals surface area contributed by atoms with Crippen LogP contribution in [0.5, 0.6) is 0 Å². The van der Waals surface area contributed by atoms with Gasteiger partial charge >= 0.3 is 5.97 Å². The minimum Gasteiger partial charge on any atom is -0.460 e. The summed E-state index contributed by atoms with van der Waals surface area (Å²) in [4.78, 5) is 11.3. The van der Waals surface area contributed by atoms with Gasteiger partial charge in [-0.25, -0.2) is 0 Å². The molecule has 4 saturated carbocycles. The molecule has 15 heavy (non-hydrogen) atoms. The molecule has 1 saturated heterocycles. The van der Waals surface area contributed by atoms with E-state index in [1.807, 2.05) is 0 Å². The van der Waals surface area contributed by atoms with Crippen LogP contribution in [-0.2, 0) is 9.53 Å². The van der Waals surface area contributed by atoms with Crippen molar-refractivity contribution in [3.8, 4) is 0 Å². The lowest BCUT2D eigenvalue weighted by Crippen LogP contribution is -2.61. The first kappa shape index (κ1) is 8.86. The second-order valence-electron chi connectivity index (χ2n) is 6.23. The molecule has 1 spiro atoms. The average molecular weight is 227 g/mol. The first-order valence-electron chi connectivity index (χ1n) is 5.98. The molecule has 3 atom stereocenters. The van der Waals surface area contributed by atoms with E-state index in [2.05, 4.69) is 0 Å². The number of carbonyl (C=O) groups excluding carboxylic acids is 1. The van der Waals surface area contributed by atoms with Gasteiger partial charge in [0, 0.05) is 5.41 Å². The number of hydrogen-bond donors (Lipinski definition) is 0. The molecule has 2 nitrogen and oxygen atoms in total. The third-order valence-corrected chi connectivity index (χ3v) is 5.59. The highest BCUT2D eigenvalue weighted by Gasteiger charge is 2.68. The predicted molar refractivity (Wildman–Crippen MR) is 55.6 cm³/mol. The summed E-state index contributed by atoms with van der Waals surface area (Å²) < 4.78 is 5.52. The SMILES string of the molecule is O=C1CC23CC4CC(CC(Cl)(C4)[C@H]2O1)C3. The van der Waals surface area contributed by atoms with Crippen LogP contribution in [0.1, 0.15) is 38.5 Å². The number of halogens is 1. The molecule has 3 heteroatoms. The Labute approximate surface area is 94.3 Å². The zero-order valence-corrected chi connectivity index (χ0v) is 9.43. The summed E-state index contributed by atoms with van der Waals surface area (Å²) >= 11 is 6.71. The molecule has 1 heterocycles. The maximum atomic E-state index is 11.5. The van der Waals surface area contributed by atoms with Gasteiger partial charge in [0.05, 0.1) is 11.3 Å². The van der Waals surface area contributed by atoms with E-state index in [0.29, 0.717) is 6.42 Å². The maximum Gasteiger partial charge on any atom is 0.306 e. The molecule has 5 fully saturated rings. The Morgan fingerprint density at radius 2 is 1.87 bits per heavy atom. The highest BCUT2D eigenvalue weighted by atomic mass is 35.5. The molecule has 0 radical (unpaired) electrons. The van der Waals surface area contributed by atoms with Crippen molar-refractivity contribution >= 4 is 17.6 Å². The molecule has 0 N–H and O–H groups in total. The summed E-state index contributed by atoms with van der Waals surface area (Å²) in [6.07, 6.45) is 6.54. The third-order valence-electron chi connectivity index (χ3n) is 5.08. The number of carbonyl (C=O) groups is 1. The summed E-state index contributed by atoms with van der Waals surface area (Å²) in [5.74, 6) is 1.52. The first-order valence-corrected chi connectivity index (χ1v) is 6.36. The number of hydrogen-bond acceptors (Lipinski definition) is 2. The molecule has 0 aromatic rings. The van der Waals surface area contributed by atoms with Crippen molar-refractivity contribution in [2.75, 3.05) is 0 Å². The van der Waals surface area contributed by atoms with Gasteiger partial charge in [0.25, 0.3) is 0 Å². The minimum atomic E-state index is -0.198. The van der Waals surface area contributed by atoms with Crippen molar-refractivity contribution in [1.29, 1.82) is 0 Å². The molecule has 0 amide bonds. The summed E-state index contributed by atoms with van der Waals surface area (Å²) in [5.41, 5.74) is 0.142. The molecule has 4 aliphatic carbocycles. The fourth-order valence-corrected chi connectivity index (χ4v) is 5.84. The van der Waals surface area contributed by atoms with Crippen LogP contribution in [0.4, 0.5) is 0 Å². The van der Waals surface area contributed by atoms with E-state index in [1.165, 1.54) is 19.3 Å². The minimum absolute atomic E-state index is 0.00627. The van der Waals surface area contributed by atoms with Gasteiger partial charge in [-0.15, -0.1) is 11.6 Å². The number of ether oxygens (including phenoxy) is 1. The topological polar surface area (TPSA) is 26.3 Å². The lowest BCUT2D eigenvalue weighted by Gasteiger charge is -2.60. The van der Waals surface area contributed by atoms with Crippen LogP contribution in [0.15, 0.2) is 0 Å². The molecule has 5 rings (SSSR count). The quantitative estimate of drug-likeness (QED) is 0.469. The maximum absolute atomic E-state index is 11.5. The summed E-state index contributed by atoms with van der Waals surface area (Å²) in [6, 6.07) is 0. The van der Waals surface area contributed by atoms with E-state index in [-0.39, 0.29) is 22.4 Å². The zero-order valence-electron chi connectivity index (χ0n) is 8.67. The number of esters is 1. The lowest BCUT2D eigenvalue weighted by molar-refractivity contribution is -0.152. The Morgan fingerprint density at radius 1 is 1.20 bits per heavy atom. The van der Waals surface area contributed by atoms with Gasteiger partial charge in [-0.2, -0.15) is 0 Å². The smallest absolute Gasteiger partial charge is 0.306 e. The summed E-state index contributed by atoms with van der Waals surface area (Å²) in [7, 11) is 0. The van der Waals surface area contributed by atoms with Crippen LogP contribution in [0, 0.1) is 17.3 Å². The number of alkyl halides is 1. The van der Waals surface area contributed by atoms with Gasteiger partial charge < -0.3 is 4.74 Å². The highest BCUT2D eigenvalue weighted by Crippen LogP contribution is 2.67. The monoisotopic (exact) mass is 226 g/mol. The van der Waals surface area contributed by atoms with E-state index in [0.717, 1.165) is 24.7 Å². The van der Waals surface area contributed by atoms with E-state index < -0.39 is 0 Å². The van der Waals surface area contributed by atoms with Gasteiger partial charge in [-0.3, -0.25) is 4.79 Å². The summed E-state index contributed by atoms with van der Waals surface area (Å²) in [5, 5.41) is 0. The predicted octanol–water partition coefficient (Wildman–Crippen LogP) is 2.49. The fourth-order valence-electron chi connectivity index (χ4n) is 5.13. The van der Waals surface area contributed by atoms with Crippen LogP contribution >= 0.6 is 11.6 Å². The van der Waals surface area contributed by atoms with E-state index >= 15 is 0 Å². The van der Waals surface area contributed by atoms with E-state index in [4.69, 9.17) is 16.3 Å². The van der Waals surface area contributed by atoms with Crippen LogP contribution in [0.3, 0.4) is 0 Å². The largest absolute Gasteiger partial charge is 0.460 e. The van der Waals surface area contributed by atoms with Crippen LogP contribution in [-0.4, -0.2) is 16.9 Å². The van der Waals surface area contributed by atoms with Crippen molar-refractivity contribution < 1.29 is 9.53 Å². The first-order chi connectivity index (χ1) is 7.10.